The molecule has 0 saturated heterocycles. The predicted molar refractivity (Wildman–Crippen MR) is 122 cm³/mol. The lowest BCUT2D eigenvalue weighted by atomic mass is 9.94. The van der Waals surface area contributed by atoms with Crippen LogP contribution in [0.5, 0.6) is 0 Å². The van der Waals surface area contributed by atoms with Gasteiger partial charge in [0.25, 0.3) is 0 Å². The maximum absolute atomic E-state index is 11.9. The van der Waals surface area contributed by atoms with Crippen LogP contribution in [0.3, 0.4) is 0 Å². The van der Waals surface area contributed by atoms with Gasteiger partial charge in [-0.2, -0.15) is 9.97 Å². The Kier molecular flexibility index (Phi) is 7.07. The number of nitrogens with zero attached hydrogens (tertiary/aromatic N) is 3. The van der Waals surface area contributed by atoms with E-state index in [4.69, 9.17) is 27.2 Å². The van der Waals surface area contributed by atoms with Crippen molar-refractivity contribution >= 4 is 46.0 Å². The summed E-state index contributed by atoms with van der Waals surface area (Å²) in [5.41, 5.74) is 8.73. The molecule has 0 unspecified atom stereocenters. The van der Waals surface area contributed by atoms with Crippen LogP contribution in [0.4, 0.5) is 5.95 Å². The van der Waals surface area contributed by atoms with Crippen LogP contribution >= 0.6 is 23.4 Å². The Morgan fingerprint density at radius 3 is 2.91 bits per heavy atom. The highest BCUT2D eigenvalue weighted by Gasteiger charge is 2.21. The van der Waals surface area contributed by atoms with Gasteiger partial charge in [0.2, 0.25) is 11.9 Å². The van der Waals surface area contributed by atoms with Gasteiger partial charge in [0.15, 0.2) is 11.0 Å². The maximum atomic E-state index is 11.9. The Labute approximate surface area is 193 Å². The molecule has 0 spiro atoms. The average Bonchev–Trinajstić information content (AvgIpc) is 2.77. The molecule has 1 amide bonds. The van der Waals surface area contributed by atoms with Crippen molar-refractivity contribution in [2.45, 2.75) is 30.9 Å². The van der Waals surface area contributed by atoms with E-state index >= 15 is 0 Å². The first-order valence-corrected chi connectivity index (χ1v) is 11.3. The van der Waals surface area contributed by atoms with Gasteiger partial charge in [-0.05, 0) is 28.0 Å². The molecule has 2 heterocycles. The number of aromatic nitrogens is 3. The molecular formula is C21H22ClN5O4S. The number of aliphatic hydroxyl groups is 2. The number of nitrogens with two attached hydrogens (primary N) is 1. The summed E-state index contributed by atoms with van der Waals surface area (Å²) in [5.74, 6) is 0.587. The van der Waals surface area contributed by atoms with Crippen molar-refractivity contribution in [1.29, 1.82) is 0 Å². The number of carbonyl (C=O) groups excluding carboxylic acids is 1. The largest absolute Gasteiger partial charge is 0.394 e. The lowest BCUT2D eigenvalue weighted by Crippen LogP contribution is -2.34. The van der Waals surface area contributed by atoms with Gasteiger partial charge in [-0.1, -0.05) is 41.6 Å². The van der Waals surface area contributed by atoms with Crippen molar-refractivity contribution in [3.63, 3.8) is 0 Å². The first-order chi connectivity index (χ1) is 15.5. The number of nitrogens with one attached hydrogen (secondary N) is 1. The molecule has 1 aliphatic rings. The molecule has 9 nitrogen and oxygen atoms in total. The SMILES string of the molecule is Nc1nc(SCCC(=O)NC[C@@H](O)CO)nc(-c2c(Cl)cc3c4c(cccc24)COC3)n1. The van der Waals surface area contributed by atoms with E-state index in [0.29, 0.717) is 40.5 Å². The molecule has 0 radical (unpaired) electrons. The summed E-state index contributed by atoms with van der Waals surface area (Å²) < 4.78 is 5.64. The molecule has 11 heteroatoms. The van der Waals surface area contributed by atoms with E-state index in [2.05, 4.69) is 20.3 Å². The third-order valence-electron chi connectivity index (χ3n) is 4.96. The summed E-state index contributed by atoms with van der Waals surface area (Å²) in [4.78, 5) is 24.9. The Morgan fingerprint density at radius 2 is 2.09 bits per heavy atom. The number of hydrogen-bond donors (Lipinski definition) is 4. The van der Waals surface area contributed by atoms with Gasteiger partial charge < -0.3 is 26.0 Å². The molecule has 1 aromatic heterocycles. The van der Waals surface area contributed by atoms with E-state index < -0.39 is 12.7 Å². The van der Waals surface area contributed by atoms with Crippen LogP contribution in [0.25, 0.3) is 22.2 Å². The molecule has 3 aromatic rings. The second-order valence-corrected chi connectivity index (χ2v) is 8.73. The van der Waals surface area contributed by atoms with Crippen molar-refractivity contribution in [2.75, 3.05) is 24.6 Å². The van der Waals surface area contributed by atoms with Gasteiger partial charge in [-0.3, -0.25) is 4.79 Å². The Morgan fingerprint density at radius 1 is 1.28 bits per heavy atom. The number of carbonyl (C=O) groups is 1. The highest BCUT2D eigenvalue weighted by molar-refractivity contribution is 7.99. The third-order valence-corrected chi connectivity index (χ3v) is 6.10. The van der Waals surface area contributed by atoms with Gasteiger partial charge in [-0.25, -0.2) is 4.98 Å². The van der Waals surface area contributed by atoms with Gasteiger partial charge >= 0.3 is 0 Å². The maximum Gasteiger partial charge on any atom is 0.224 e. The fourth-order valence-electron chi connectivity index (χ4n) is 3.51. The number of thioether (sulfide) groups is 1. The smallest absolute Gasteiger partial charge is 0.224 e. The zero-order valence-corrected chi connectivity index (χ0v) is 18.6. The number of aliphatic hydroxyl groups excluding tert-OH is 2. The van der Waals surface area contributed by atoms with Gasteiger partial charge in [0.1, 0.15) is 0 Å². The molecule has 1 atom stereocenters. The van der Waals surface area contributed by atoms with Crippen molar-refractivity contribution in [1.82, 2.24) is 20.3 Å². The van der Waals surface area contributed by atoms with Crippen LogP contribution in [-0.2, 0) is 22.7 Å². The van der Waals surface area contributed by atoms with Crippen molar-refractivity contribution in [3.05, 3.63) is 40.4 Å². The normalized spacial score (nSPS) is 13.8. The zero-order valence-electron chi connectivity index (χ0n) is 17.0. The monoisotopic (exact) mass is 475 g/mol. The predicted octanol–water partition coefficient (Wildman–Crippen LogP) is 1.91. The highest BCUT2D eigenvalue weighted by Crippen LogP contribution is 2.39. The van der Waals surface area contributed by atoms with Crippen LogP contribution in [-0.4, -0.2) is 56.1 Å². The lowest BCUT2D eigenvalue weighted by Gasteiger charge is -2.20. The van der Waals surface area contributed by atoms with Crippen LogP contribution < -0.4 is 11.1 Å². The van der Waals surface area contributed by atoms with E-state index in [1.54, 1.807) is 0 Å². The summed E-state index contributed by atoms with van der Waals surface area (Å²) in [6, 6.07) is 7.82. The summed E-state index contributed by atoms with van der Waals surface area (Å²) in [5, 5.41) is 23.5. The van der Waals surface area contributed by atoms with E-state index in [-0.39, 0.29) is 24.8 Å². The van der Waals surface area contributed by atoms with E-state index in [0.717, 1.165) is 21.9 Å². The van der Waals surface area contributed by atoms with Crippen molar-refractivity contribution in [2.24, 2.45) is 0 Å². The third kappa shape index (κ3) is 4.94. The number of rotatable bonds is 8. The molecule has 1 aliphatic heterocycles. The zero-order chi connectivity index (χ0) is 22.7. The average molecular weight is 476 g/mol. The minimum absolute atomic E-state index is 0.00253. The molecule has 0 fully saturated rings. The first-order valence-electron chi connectivity index (χ1n) is 9.97. The Balaban J connectivity index is 1.56. The summed E-state index contributed by atoms with van der Waals surface area (Å²) in [6.45, 7) is 0.612. The van der Waals surface area contributed by atoms with Crippen LogP contribution in [0.1, 0.15) is 17.5 Å². The second kappa shape index (κ2) is 9.97. The molecule has 168 valence electrons. The minimum atomic E-state index is -0.976. The molecule has 0 aliphatic carbocycles. The van der Waals surface area contributed by atoms with E-state index in [1.165, 1.54) is 11.8 Å². The molecule has 32 heavy (non-hydrogen) atoms. The van der Waals surface area contributed by atoms with Gasteiger partial charge in [0.05, 0.1) is 30.9 Å². The fraction of sp³-hybridized carbons (Fsp3) is 0.333. The molecular weight excluding hydrogens is 454 g/mol. The number of amides is 1. The van der Waals surface area contributed by atoms with E-state index in [9.17, 15) is 9.90 Å². The first kappa shape index (κ1) is 22.7. The summed E-state index contributed by atoms with van der Waals surface area (Å²) in [7, 11) is 0. The molecule has 2 aromatic carbocycles. The Bertz CT molecular complexity index is 1160. The van der Waals surface area contributed by atoms with E-state index in [1.807, 2.05) is 24.3 Å². The second-order valence-electron chi connectivity index (χ2n) is 7.26. The van der Waals surface area contributed by atoms with Crippen LogP contribution in [0, 0.1) is 0 Å². The van der Waals surface area contributed by atoms with Crippen molar-refractivity contribution < 1.29 is 19.7 Å². The number of nitrogen functional groups attached to an aromatic ring is 1. The Hall–Kier alpha value is -2.50. The van der Waals surface area contributed by atoms with Crippen LogP contribution in [0.2, 0.25) is 5.02 Å². The molecule has 0 saturated carbocycles. The number of halogens is 1. The highest BCUT2D eigenvalue weighted by atomic mass is 35.5. The number of anilines is 1. The molecule has 0 bridgehead atoms. The van der Waals surface area contributed by atoms with Gasteiger partial charge in [-0.15, -0.1) is 0 Å². The number of benzene rings is 2. The molecule has 4 rings (SSSR count). The summed E-state index contributed by atoms with van der Waals surface area (Å²) in [6.07, 6.45) is -0.790. The summed E-state index contributed by atoms with van der Waals surface area (Å²) >= 11 is 7.89. The van der Waals surface area contributed by atoms with Crippen molar-refractivity contribution in [3.8, 4) is 11.4 Å². The number of ether oxygens (including phenoxy) is 1. The standard InChI is InChI=1S/C21H22ClN5O4S/c22-15-6-12-10-31-9-11-2-1-3-14(17(11)12)18(15)19-25-20(23)27-21(26-19)32-5-4-16(30)24-7-13(29)8-28/h1-3,6,13,28-29H,4-5,7-10H2,(H,24,30)(H2,23,25,26,27)/t13-/m1/s1. The topological polar surface area (TPSA) is 143 Å². The quantitative estimate of drug-likeness (QED) is 0.359. The van der Waals surface area contributed by atoms with Gasteiger partial charge in [0, 0.05) is 24.3 Å². The lowest BCUT2D eigenvalue weighted by molar-refractivity contribution is -0.121. The van der Waals surface area contributed by atoms with Crippen LogP contribution in [0.15, 0.2) is 29.4 Å². The fourth-order valence-corrected chi connectivity index (χ4v) is 4.61. The number of hydrogen-bond acceptors (Lipinski definition) is 9. The molecule has 5 N–H and O–H groups in total. The minimum Gasteiger partial charge on any atom is -0.394 e.